The van der Waals surface area contributed by atoms with Gasteiger partial charge in [0.05, 0.1) is 19.2 Å². The van der Waals surface area contributed by atoms with Gasteiger partial charge >= 0.3 is 5.97 Å². The van der Waals surface area contributed by atoms with E-state index in [9.17, 15) is 9.90 Å². The summed E-state index contributed by atoms with van der Waals surface area (Å²) in [5.41, 5.74) is 2.41. The average Bonchev–Trinajstić information content (AvgIpc) is 2.41. The highest BCUT2D eigenvalue weighted by atomic mass is 16.5. The molecule has 1 N–H and O–H groups in total. The van der Waals surface area contributed by atoms with Crippen LogP contribution in [0.2, 0.25) is 0 Å². The Morgan fingerprint density at radius 2 is 1.46 bits per heavy atom. The molecule has 0 saturated carbocycles. The van der Waals surface area contributed by atoms with Gasteiger partial charge in [-0.15, -0.1) is 0 Å². The normalized spacial score (nSPS) is 12.3. The molecule has 4 nitrogen and oxygen atoms in total. The highest BCUT2D eigenvalue weighted by Crippen LogP contribution is 2.38. The van der Waals surface area contributed by atoms with Crippen molar-refractivity contribution >= 4 is 5.97 Å². The zero-order chi connectivity index (χ0) is 20.9. The maximum atomic E-state index is 11.3. The Bertz CT molecular complexity index is 558. The van der Waals surface area contributed by atoms with E-state index in [4.69, 9.17) is 0 Å². The fraction of sp³-hybridized carbons (Fsp3) is 0.727. The van der Waals surface area contributed by atoms with Crippen molar-refractivity contribution in [1.82, 2.24) is 4.98 Å². The summed E-state index contributed by atoms with van der Waals surface area (Å²) in [6, 6.07) is 1.90. The third kappa shape index (κ3) is 9.21. The van der Waals surface area contributed by atoms with Crippen molar-refractivity contribution in [2.45, 2.75) is 92.9 Å². The largest absolute Gasteiger partial charge is 0.506 e. The van der Waals surface area contributed by atoms with Crippen molar-refractivity contribution in [3.63, 3.8) is 0 Å². The van der Waals surface area contributed by atoms with E-state index >= 15 is 0 Å². The van der Waals surface area contributed by atoms with Crippen LogP contribution in [0.4, 0.5) is 0 Å². The number of carbonyl (C=O) groups excluding carboxylic acids is 1. The first kappa shape index (κ1) is 24.4. The van der Waals surface area contributed by atoms with Crippen LogP contribution < -0.4 is 0 Å². The number of carbonyl (C=O) groups is 1. The second-order valence-electron chi connectivity index (χ2n) is 10.4. The van der Waals surface area contributed by atoms with Gasteiger partial charge in [-0.25, -0.2) is 0 Å². The van der Waals surface area contributed by atoms with Gasteiger partial charge in [-0.2, -0.15) is 0 Å². The number of nitrogens with zero attached hydrogens (tertiary/aromatic N) is 1. The van der Waals surface area contributed by atoms with E-state index in [1.54, 1.807) is 0 Å². The number of hydrogen-bond acceptors (Lipinski definition) is 4. The number of ether oxygens (including phenoxy) is 1. The van der Waals surface area contributed by atoms with Gasteiger partial charge in [0.25, 0.3) is 0 Å². The Labute approximate surface area is 160 Å². The molecule has 4 heteroatoms. The Morgan fingerprint density at radius 1 is 1.00 bits per heavy atom. The summed E-state index contributed by atoms with van der Waals surface area (Å²) in [6.45, 7) is 21.0. The zero-order valence-electron chi connectivity index (χ0n) is 18.7. The molecule has 0 atom stereocenters. The smallest absolute Gasteiger partial charge is 0.305 e. The van der Waals surface area contributed by atoms with Crippen LogP contribution in [-0.4, -0.2) is 23.2 Å². The van der Waals surface area contributed by atoms with Crippen LogP contribution in [0.1, 0.15) is 92.6 Å². The number of rotatable bonds is 3. The fourth-order valence-corrected chi connectivity index (χ4v) is 2.15. The van der Waals surface area contributed by atoms with E-state index in [2.05, 4.69) is 58.2 Å². The van der Waals surface area contributed by atoms with E-state index in [0.717, 1.165) is 11.3 Å². The lowest BCUT2D eigenvalue weighted by Crippen LogP contribution is -2.20. The third-order valence-corrected chi connectivity index (χ3v) is 3.38. The Balaban J connectivity index is 0.00000110. The lowest BCUT2D eigenvalue weighted by molar-refractivity contribution is -0.140. The molecule has 0 spiro atoms. The standard InChI is InChI=1S/C17H27NO3.C5H12/c1-16(2,3)12-10-11(8-9-13(19)21-7)18-15(14(12)20)17(4,5)6;1-5(2,3)4/h10,20H,8-9H2,1-7H3;1-4H3. The molecule has 1 aromatic rings. The number of esters is 1. The first-order valence-corrected chi connectivity index (χ1v) is 9.27. The molecule has 0 radical (unpaired) electrons. The number of pyridine rings is 1. The van der Waals surface area contributed by atoms with Gasteiger partial charge in [0.15, 0.2) is 0 Å². The Hall–Kier alpha value is -1.58. The molecule has 150 valence electrons. The van der Waals surface area contributed by atoms with Gasteiger partial charge < -0.3 is 9.84 Å². The third-order valence-electron chi connectivity index (χ3n) is 3.38. The minimum absolute atomic E-state index is 0.187. The van der Waals surface area contributed by atoms with E-state index < -0.39 is 0 Å². The SMILES string of the molecule is CC(C)(C)C.COC(=O)CCc1cc(C(C)(C)C)c(O)c(C(C)(C)C)n1. The molecule has 1 heterocycles. The molecule has 0 aliphatic heterocycles. The molecule has 0 aliphatic carbocycles. The van der Waals surface area contributed by atoms with Crippen molar-refractivity contribution in [3.05, 3.63) is 23.0 Å². The van der Waals surface area contributed by atoms with Crippen LogP contribution >= 0.6 is 0 Å². The molecular weight excluding hydrogens is 326 g/mol. The molecule has 0 aliphatic rings. The predicted octanol–water partition coefficient (Wildman–Crippen LogP) is 5.54. The molecule has 0 saturated heterocycles. The maximum Gasteiger partial charge on any atom is 0.305 e. The van der Waals surface area contributed by atoms with Gasteiger partial charge in [0.1, 0.15) is 5.75 Å². The second kappa shape index (κ2) is 8.88. The second-order valence-corrected chi connectivity index (χ2v) is 10.4. The van der Waals surface area contributed by atoms with Crippen LogP contribution in [0.5, 0.6) is 5.75 Å². The van der Waals surface area contributed by atoms with E-state index in [-0.39, 0.29) is 22.5 Å². The van der Waals surface area contributed by atoms with Gasteiger partial charge in [-0.3, -0.25) is 9.78 Å². The summed E-state index contributed by atoms with van der Waals surface area (Å²) in [6.07, 6.45) is 0.806. The quantitative estimate of drug-likeness (QED) is 0.714. The number of hydrogen-bond donors (Lipinski definition) is 1. The first-order chi connectivity index (χ1) is 11.5. The van der Waals surface area contributed by atoms with Crippen molar-refractivity contribution in [1.29, 1.82) is 0 Å². The van der Waals surface area contributed by atoms with Crippen molar-refractivity contribution in [3.8, 4) is 5.75 Å². The molecule has 1 rings (SSSR count). The molecule has 0 unspecified atom stereocenters. The highest BCUT2D eigenvalue weighted by Gasteiger charge is 2.27. The minimum atomic E-state index is -0.259. The summed E-state index contributed by atoms with van der Waals surface area (Å²) in [5, 5.41) is 10.6. The number of methoxy groups -OCH3 is 1. The molecule has 1 aromatic heterocycles. The Morgan fingerprint density at radius 3 is 1.81 bits per heavy atom. The van der Waals surface area contributed by atoms with Crippen LogP contribution in [0.25, 0.3) is 0 Å². The molecule has 0 fully saturated rings. The summed E-state index contributed by atoms with van der Waals surface area (Å²) >= 11 is 0. The van der Waals surface area contributed by atoms with Crippen molar-refractivity contribution in [2.24, 2.45) is 5.41 Å². The number of aromatic nitrogens is 1. The Kier molecular flexibility index (Phi) is 8.34. The van der Waals surface area contributed by atoms with Crippen molar-refractivity contribution < 1.29 is 14.6 Å². The number of aryl methyl sites for hydroxylation is 1. The summed E-state index contributed by atoms with van der Waals surface area (Å²) in [7, 11) is 1.38. The van der Waals surface area contributed by atoms with Gasteiger partial charge in [0.2, 0.25) is 0 Å². The molecular formula is C22H39NO3. The monoisotopic (exact) mass is 365 g/mol. The average molecular weight is 366 g/mol. The molecule has 0 amide bonds. The maximum absolute atomic E-state index is 11.3. The van der Waals surface area contributed by atoms with Gasteiger partial charge in [-0.05, 0) is 16.9 Å². The van der Waals surface area contributed by atoms with E-state index in [1.807, 2.05) is 26.8 Å². The predicted molar refractivity (Wildman–Crippen MR) is 109 cm³/mol. The van der Waals surface area contributed by atoms with Crippen molar-refractivity contribution in [2.75, 3.05) is 7.11 Å². The molecule has 0 aromatic carbocycles. The molecule has 26 heavy (non-hydrogen) atoms. The first-order valence-electron chi connectivity index (χ1n) is 9.27. The van der Waals surface area contributed by atoms with Crippen LogP contribution in [0.15, 0.2) is 6.07 Å². The van der Waals surface area contributed by atoms with Crippen LogP contribution in [-0.2, 0) is 26.8 Å². The van der Waals surface area contributed by atoms with E-state index in [1.165, 1.54) is 7.11 Å². The highest BCUT2D eigenvalue weighted by molar-refractivity contribution is 5.69. The van der Waals surface area contributed by atoms with Crippen LogP contribution in [0, 0.1) is 5.41 Å². The fourth-order valence-electron chi connectivity index (χ4n) is 2.15. The lowest BCUT2D eigenvalue weighted by Gasteiger charge is -2.27. The summed E-state index contributed by atoms with van der Waals surface area (Å²) < 4.78 is 4.67. The number of aromatic hydroxyl groups is 1. The van der Waals surface area contributed by atoms with Gasteiger partial charge in [0, 0.05) is 23.1 Å². The lowest BCUT2D eigenvalue weighted by atomic mass is 9.82. The summed E-state index contributed by atoms with van der Waals surface area (Å²) in [4.78, 5) is 15.9. The topological polar surface area (TPSA) is 59.4 Å². The minimum Gasteiger partial charge on any atom is -0.506 e. The molecule has 0 bridgehead atoms. The summed E-state index contributed by atoms with van der Waals surface area (Å²) in [5.74, 6) is 0.0105. The van der Waals surface area contributed by atoms with Crippen LogP contribution in [0.3, 0.4) is 0 Å². The van der Waals surface area contributed by atoms with Gasteiger partial charge in [-0.1, -0.05) is 69.2 Å². The zero-order valence-corrected chi connectivity index (χ0v) is 18.7. The van der Waals surface area contributed by atoms with E-state index in [0.29, 0.717) is 24.0 Å².